The lowest BCUT2D eigenvalue weighted by molar-refractivity contribution is -0.0869. The van der Waals surface area contributed by atoms with E-state index < -0.39 is 0 Å². The minimum absolute atomic E-state index is 0.0466. The summed E-state index contributed by atoms with van der Waals surface area (Å²) in [6.45, 7) is 5.46. The van der Waals surface area contributed by atoms with Crippen molar-refractivity contribution in [3.63, 3.8) is 0 Å². The van der Waals surface area contributed by atoms with Crippen LogP contribution in [0.2, 0.25) is 0 Å². The van der Waals surface area contributed by atoms with E-state index in [-0.39, 0.29) is 23.7 Å². The fraction of sp³-hybridized carbons (Fsp3) is 0.700. The molecule has 2 bridgehead atoms. The number of piperidine rings is 2. The van der Waals surface area contributed by atoms with Crippen LogP contribution < -0.4 is 5.56 Å². The molecular formula is C20H29N3O4. The Morgan fingerprint density at radius 3 is 2.56 bits per heavy atom. The molecule has 0 aromatic carbocycles. The molecule has 7 heteroatoms. The van der Waals surface area contributed by atoms with Crippen molar-refractivity contribution in [1.82, 2.24) is 14.8 Å². The SMILES string of the molecule is CCOC(=O)N1C2COCC1CC(N1CCC(c3ccc[nH]c3=O)CC1)C2. The highest BCUT2D eigenvalue weighted by molar-refractivity contribution is 5.69. The number of rotatable bonds is 3. The second kappa shape index (κ2) is 8.02. The van der Waals surface area contributed by atoms with Gasteiger partial charge in [-0.2, -0.15) is 0 Å². The number of fused-ring (bicyclic) bond motifs is 2. The number of H-pyrrole nitrogens is 1. The molecule has 4 heterocycles. The van der Waals surface area contributed by atoms with Gasteiger partial charge in [0.1, 0.15) is 0 Å². The Bertz CT molecular complexity index is 699. The predicted molar refractivity (Wildman–Crippen MR) is 101 cm³/mol. The maximum Gasteiger partial charge on any atom is 0.410 e. The minimum Gasteiger partial charge on any atom is -0.450 e. The van der Waals surface area contributed by atoms with Gasteiger partial charge >= 0.3 is 6.09 Å². The Morgan fingerprint density at radius 2 is 1.93 bits per heavy atom. The van der Waals surface area contributed by atoms with Gasteiger partial charge in [-0.15, -0.1) is 0 Å². The van der Waals surface area contributed by atoms with Gasteiger partial charge in [0.25, 0.3) is 5.56 Å². The van der Waals surface area contributed by atoms with E-state index in [1.807, 2.05) is 24.0 Å². The highest BCUT2D eigenvalue weighted by Crippen LogP contribution is 2.34. The molecule has 3 aliphatic rings. The van der Waals surface area contributed by atoms with Crippen molar-refractivity contribution in [3.05, 3.63) is 34.2 Å². The molecule has 1 N–H and O–H groups in total. The van der Waals surface area contributed by atoms with Gasteiger partial charge in [-0.25, -0.2) is 4.79 Å². The van der Waals surface area contributed by atoms with Gasteiger partial charge in [-0.05, 0) is 57.7 Å². The van der Waals surface area contributed by atoms with Crippen molar-refractivity contribution in [2.24, 2.45) is 0 Å². The number of pyridine rings is 1. The lowest BCUT2D eigenvalue weighted by Crippen LogP contribution is -2.63. The van der Waals surface area contributed by atoms with Gasteiger partial charge in [0.15, 0.2) is 0 Å². The summed E-state index contributed by atoms with van der Waals surface area (Å²) >= 11 is 0. The summed E-state index contributed by atoms with van der Waals surface area (Å²) in [5.41, 5.74) is 0.963. The summed E-state index contributed by atoms with van der Waals surface area (Å²) in [5, 5.41) is 0. The number of aromatic nitrogens is 1. The summed E-state index contributed by atoms with van der Waals surface area (Å²) in [6.07, 6.45) is 5.39. The third kappa shape index (κ3) is 3.75. The fourth-order valence-corrected chi connectivity index (χ4v) is 5.01. The highest BCUT2D eigenvalue weighted by atomic mass is 16.6. The molecule has 3 aliphatic heterocycles. The predicted octanol–water partition coefficient (Wildman–Crippen LogP) is 1.94. The molecule has 2 atom stereocenters. The zero-order chi connectivity index (χ0) is 18.8. The number of nitrogens with zero attached hydrogens (tertiary/aromatic N) is 2. The maximum absolute atomic E-state index is 12.3. The van der Waals surface area contributed by atoms with E-state index in [9.17, 15) is 9.59 Å². The molecule has 1 aromatic heterocycles. The van der Waals surface area contributed by atoms with Crippen molar-refractivity contribution in [2.75, 3.05) is 32.9 Å². The van der Waals surface area contributed by atoms with E-state index in [1.54, 1.807) is 6.20 Å². The van der Waals surface area contributed by atoms with Gasteiger partial charge in [-0.1, -0.05) is 6.07 Å². The summed E-state index contributed by atoms with van der Waals surface area (Å²) in [4.78, 5) is 31.6. The Kier molecular flexibility index (Phi) is 5.50. The van der Waals surface area contributed by atoms with Crippen LogP contribution in [-0.4, -0.2) is 71.9 Å². The number of carbonyl (C=O) groups is 1. The zero-order valence-corrected chi connectivity index (χ0v) is 15.9. The van der Waals surface area contributed by atoms with Crippen LogP contribution in [-0.2, 0) is 9.47 Å². The molecule has 1 amide bonds. The standard InChI is InChI=1S/C20H29N3O4/c1-2-27-20(25)23-16-10-15(11-17(23)13-26-12-16)22-8-5-14(6-9-22)18-4-3-7-21-19(18)24/h3-4,7,14-17H,2,5-6,8-13H2,1H3,(H,21,24). The molecule has 3 saturated heterocycles. The monoisotopic (exact) mass is 375 g/mol. The second-order valence-electron chi connectivity index (χ2n) is 7.84. The first-order valence-electron chi connectivity index (χ1n) is 10.1. The molecule has 7 nitrogen and oxygen atoms in total. The van der Waals surface area contributed by atoms with Crippen LogP contribution in [0.3, 0.4) is 0 Å². The number of ether oxygens (including phenoxy) is 2. The minimum atomic E-state index is -0.198. The molecule has 2 unspecified atom stereocenters. The third-order valence-electron chi connectivity index (χ3n) is 6.31. The molecule has 27 heavy (non-hydrogen) atoms. The summed E-state index contributed by atoms with van der Waals surface area (Å²) in [7, 11) is 0. The maximum atomic E-state index is 12.3. The van der Waals surface area contributed by atoms with Crippen molar-refractivity contribution >= 4 is 6.09 Å². The molecule has 0 saturated carbocycles. The number of hydrogen-bond donors (Lipinski definition) is 1. The zero-order valence-electron chi connectivity index (χ0n) is 15.9. The quantitative estimate of drug-likeness (QED) is 0.874. The first kappa shape index (κ1) is 18.5. The lowest BCUT2D eigenvalue weighted by Gasteiger charge is -2.50. The smallest absolute Gasteiger partial charge is 0.410 e. The van der Waals surface area contributed by atoms with Crippen LogP contribution >= 0.6 is 0 Å². The number of nitrogens with one attached hydrogen (secondary N) is 1. The normalized spacial score (nSPS) is 29.5. The van der Waals surface area contributed by atoms with Crippen molar-refractivity contribution in [2.45, 2.75) is 56.7 Å². The molecule has 1 aromatic rings. The van der Waals surface area contributed by atoms with E-state index >= 15 is 0 Å². The Labute approximate surface area is 159 Å². The Balaban J connectivity index is 1.38. The molecule has 4 rings (SSSR count). The van der Waals surface area contributed by atoms with E-state index in [1.165, 1.54) is 0 Å². The number of amides is 1. The van der Waals surface area contributed by atoms with E-state index in [0.717, 1.165) is 44.3 Å². The van der Waals surface area contributed by atoms with Crippen LogP contribution in [0.1, 0.15) is 44.1 Å². The Hall–Kier alpha value is -1.86. The van der Waals surface area contributed by atoms with Gasteiger partial charge in [0.2, 0.25) is 0 Å². The summed E-state index contributed by atoms with van der Waals surface area (Å²) < 4.78 is 11.0. The highest BCUT2D eigenvalue weighted by Gasteiger charge is 2.44. The van der Waals surface area contributed by atoms with Gasteiger partial charge in [0, 0.05) is 17.8 Å². The average Bonchev–Trinajstić information content (AvgIpc) is 2.68. The number of likely N-dealkylation sites (tertiary alicyclic amines) is 1. The van der Waals surface area contributed by atoms with Crippen LogP contribution in [0, 0.1) is 0 Å². The average molecular weight is 375 g/mol. The number of aromatic amines is 1. The number of carbonyl (C=O) groups excluding carboxylic acids is 1. The van der Waals surface area contributed by atoms with Crippen LogP contribution in [0.4, 0.5) is 4.79 Å². The fourth-order valence-electron chi connectivity index (χ4n) is 5.01. The lowest BCUT2D eigenvalue weighted by atomic mass is 9.85. The van der Waals surface area contributed by atoms with Crippen LogP contribution in [0.15, 0.2) is 23.1 Å². The van der Waals surface area contributed by atoms with Gasteiger partial charge in [-0.3, -0.25) is 9.69 Å². The molecule has 3 fully saturated rings. The first-order chi connectivity index (χ1) is 13.2. The van der Waals surface area contributed by atoms with Crippen molar-refractivity contribution in [3.8, 4) is 0 Å². The van der Waals surface area contributed by atoms with Crippen molar-refractivity contribution in [1.29, 1.82) is 0 Å². The first-order valence-corrected chi connectivity index (χ1v) is 10.1. The van der Waals surface area contributed by atoms with E-state index in [0.29, 0.717) is 31.8 Å². The van der Waals surface area contributed by atoms with Crippen molar-refractivity contribution < 1.29 is 14.3 Å². The van der Waals surface area contributed by atoms with E-state index in [2.05, 4.69) is 9.88 Å². The van der Waals surface area contributed by atoms with Crippen LogP contribution in [0.25, 0.3) is 0 Å². The molecule has 0 aliphatic carbocycles. The number of morpholine rings is 1. The van der Waals surface area contributed by atoms with Gasteiger partial charge < -0.3 is 19.4 Å². The second-order valence-corrected chi connectivity index (χ2v) is 7.84. The molecule has 148 valence electrons. The van der Waals surface area contributed by atoms with E-state index in [4.69, 9.17) is 9.47 Å². The summed E-state index contributed by atoms with van der Waals surface area (Å²) in [5.74, 6) is 0.341. The summed E-state index contributed by atoms with van der Waals surface area (Å²) in [6, 6.07) is 4.56. The molecular weight excluding hydrogens is 346 g/mol. The third-order valence-corrected chi connectivity index (χ3v) is 6.31. The number of hydrogen-bond acceptors (Lipinski definition) is 5. The Morgan fingerprint density at radius 1 is 1.22 bits per heavy atom. The van der Waals surface area contributed by atoms with Gasteiger partial charge in [0.05, 0.1) is 31.9 Å². The molecule has 0 radical (unpaired) electrons. The largest absolute Gasteiger partial charge is 0.450 e. The van der Waals surface area contributed by atoms with Crippen LogP contribution in [0.5, 0.6) is 0 Å². The topological polar surface area (TPSA) is 74.9 Å². The molecule has 0 spiro atoms.